The third-order valence-electron chi connectivity index (χ3n) is 7.06. The number of benzene rings is 1. The second kappa shape index (κ2) is 10.8. The molecule has 0 aliphatic carbocycles. The van der Waals surface area contributed by atoms with Gasteiger partial charge in [-0.1, -0.05) is 19.9 Å². The van der Waals surface area contributed by atoms with Crippen molar-refractivity contribution in [3.05, 3.63) is 59.9 Å². The minimum absolute atomic E-state index is 0.0220. The summed E-state index contributed by atoms with van der Waals surface area (Å²) in [5, 5.41) is -0.353. The Morgan fingerprint density at radius 3 is 2.54 bits per heavy atom. The van der Waals surface area contributed by atoms with Crippen LogP contribution in [0, 0.1) is 11.7 Å². The second-order valence-corrected chi connectivity index (χ2v) is 12.1. The molecule has 0 radical (unpaired) electrons. The van der Waals surface area contributed by atoms with Crippen LogP contribution in [0.3, 0.4) is 0 Å². The van der Waals surface area contributed by atoms with E-state index in [1.165, 1.54) is 30.3 Å². The molecular weight excluding hydrogens is 521 g/mol. The van der Waals surface area contributed by atoms with Crippen molar-refractivity contribution in [3.63, 3.8) is 0 Å². The molecule has 3 aromatic rings. The Morgan fingerprint density at radius 1 is 1.10 bits per heavy atom. The van der Waals surface area contributed by atoms with Crippen LogP contribution in [0.2, 0.25) is 0 Å². The number of piperidine rings is 1. The molecule has 3 N–H and O–H groups in total. The van der Waals surface area contributed by atoms with E-state index in [0.717, 1.165) is 32.1 Å². The molecule has 206 valence electrons. The predicted molar refractivity (Wildman–Crippen MR) is 146 cm³/mol. The van der Waals surface area contributed by atoms with Gasteiger partial charge in [0.15, 0.2) is 5.03 Å². The molecule has 1 unspecified atom stereocenters. The Bertz CT molecular complexity index is 1480. The van der Waals surface area contributed by atoms with Crippen molar-refractivity contribution < 1.29 is 22.3 Å². The molecule has 2 aliphatic heterocycles. The number of pyridine rings is 2. The van der Waals surface area contributed by atoms with Crippen molar-refractivity contribution in [2.45, 2.75) is 63.1 Å². The summed E-state index contributed by atoms with van der Waals surface area (Å²) in [5.41, 5.74) is 6.73. The van der Waals surface area contributed by atoms with Gasteiger partial charge in [0.1, 0.15) is 23.2 Å². The largest absolute Gasteiger partial charge is 0.493 e. The van der Waals surface area contributed by atoms with E-state index in [0.29, 0.717) is 29.4 Å². The van der Waals surface area contributed by atoms with E-state index in [2.05, 4.69) is 14.6 Å². The minimum atomic E-state index is -4.28. The Labute approximate surface area is 227 Å². The lowest BCUT2D eigenvalue weighted by molar-refractivity contribution is 0.0981. The topological polar surface area (TPSA) is 128 Å². The van der Waals surface area contributed by atoms with E-state index in [1.807, 2.05) is 13.8 Å². The number of amides is 1. The third-order valence-corrected chi connectivity index (χ3v) is 8.29. The lowest BCUT2D eigenvalue weighted by Gasteiger charge is -2.37. The van der Waals surface area contributed by atoms with Gasteiger partial charge in [0.05, 0.1) is 17.9 Å². The number of anilines is 2. The number of halogens is 1. The number of carbonyl (C=O) groups is 1. The van der Waals surface area contributed by atoms with Crippen LogP contribution in [-0.2, 0) is 10.0 Å². The number of nitrogens with one attached hydrogen (secondary N) is 1. The number of carbonyl (C=O) groups excluding carboxylic acids is 1. The smallest absolute Gasteiger partial charge is 0.281 e. The molecule has 4 heterocycles. The highest BCUT2D eigenvalue weighted by molar-refractivity contribution is 7.90. The lowest BCUT2D eigenvalue weighted by atomic mass is 10.0. The van der Waals surface area contributed by atoms with Crippen LogP contribution < -0.4 is 20.1 Å². The fraction of sp³-hybridized carbons (Fsp3) is 0.393. The molecule has 9 nitrogen and oxygen atoms in total. The summed E-state index contributed by atoms with van der Waals surface area (Å²) in [6.07, 6.45) is 4.94. The number of aromatic nitrogens is 2. The average Bonchev–Trinajstić information content (AvgIpc) is 3.14. The minimum Gasteiger partial charge on any atom is -0.493 e. The van der Waals surface area contributed by atoms with Gasteiger partial charge in [-0.3, -0.25) is 4.79 Å². The van der Waals surface area contributed by atoms with Gasteiger partial charge in [0.2, 0.25) is 0 Å². The molecule has 2 aliphatic rings. The van der Waals surface area contributed by atoms with Crippen LogP contribution in [0.25, 0.3) is 11.3 Å². The molecule has 2 aromatic heterocycles. The average molecular weight is 554 g/mol. The summed E-state index contributed by atoms with van der Waals surface area (Å²) in [7, 11) is -4.28. The zero-order valence-electron chi connectivity index (χ0n) is 21.9. The standard InChI is InChI=1S/C28H32FN5O4S/c1-17(2)16-38-22-14-18(13-19(29)15-22)24-12-11-23(27(31-24)34-20-5-3-6-21(34)10-9-20)28(35)33-39(36,37)26-8-4-7-25(30)32-26/h4,7-8,11-15,17,20-21H,3,5-6,9-10,16H2,1-2H3,(H2,30,32)(H,33,35)/t20-,21?/m0/s1. The van der Waals surface area contributed by atoms with Crippen LogP contribution >= 0.6 is 0 Å². The highest BCUT2D eigenvalue weighted by atomic mass is 32.2. The monoisotopic (exact) mass is 553 g/mol. The van der Waals surface area contributed by atoms with E-state index >= 15 is 0 Å². The van der Waals surface area contributed by atoms with Crippen molar-refractivity contribution in [2.24, 2.45) is 5.92 Å². The number of nitrogen functional groups attached to an aromatic ring is 1. The number of hydrogen-bond donors (Lipinski definition) is 2. The van der Waals surface area contributed by atoms with Crippen molar-refractivity contribution in [1.82, 2.24) is 14.7 Å². The first-order chi connectivity index (χ1) is 18.6. The predicted octanol–water partition coefficient (Wildman–Crippen LogP) is 4.54. The molecule has 2 fully saturated rings. The number of nitrogens with two attached hydrogens (primary N) is 1. The summed E-state index contributed by atoms with van der Waals surface area (Å²) >= 11 is 0. The summed E-state index contributed by atoms with van der Waals surface area (Å²) in [6.45, 7) is 4.45. The van der Waals surface area contributed by atoms with Gasteiger partial charge in [0.25, 0.3) is 15.9 Å². The summed E-state index contributed by atoms with van der Waals surface area (Å²) in [6, 6.07) is 12.1. The summed E-state index contributed by atoms with van der Waals surface area (Å²) in [5.74, 6) is -0.209. The highest BCUT2D eigenvalue weighted by Crippen LogP contribution is 2.40. The maximum absolute atomic E-state index is 14.5. The zero-order valence-corrected chi connectivity index (χ0v) is 22.7. The quantitative estimate of drug-likeness (QED) is 0.416. The van der Waals surface area contributed by atoms with Crippen LogP contribution in [0.1, 0.15) is 56.3 Å². The number of sulfonamides is 1. The zero-order chi connectivity index (χ0) is 27.7. The molecule has 1 aromatic carbocycles. The molecule has 1 amide bonds. The van der Waals surface area contributed by atoms with Gasteiger partial charge in [0, 0.05) is 23.7 Å². The van der Waals surface area contributed by atoms with Gasteiger partial charge in [-0.05, 0) is 74.4 Å². The molecule has 5 rings (SSSR count). The van der Waals surface area contributed by atoms with Gasteiger partial charge < -0.3 is 15.4 Å². The first kappa shape index (κ1) is 26.9. The Hall–Kier alpha value is -3.73. The molecule has 0 spiro atoms. The Balaban J connectivity index is 1.53. The van der Waals surface area contributed by atoms with E-state index in [1.54, 1.807) is 18.2 Å². The third kappa shape index (κ3) is 5.83. The molecule has 39 heavy (non-hydrogen) atoms. The van der Waals surface area contributed by atoms with Crippen molar-refractivity contribution in [3.8, 4) is 17.0 Å². The van der Waals surface area contributed by atoms with Gasteiger partial charge in [-0.25, -0.2) is 19.1 Å². The molecule has 0 saturated carbocycles. The Kier molecular flexibility index (Phi) is 7.44. The molecule has 2 saturated heterocycles. The van der Waals surface area contributed by atoms with Crippen LogP contribution in [0.4, 0.5) is 16.0 Å². The maximum Gasteiger partial charge on any atom is 0.281 e. The van der Waals surface area contributed by atoms with Crippen molar-refractivity contribution in [1.29, 1.82) is 0 Å². The maximum atomic E-state index is 14.5. The first-order valence-corrected chi connectivity index (χ1v) is 14.6. The first-order valence-electron chi connectivity index (χ1n) is 13.1. The number of hydrogen-bond acceptors (Lipinski definition) is 8. The second-order valence-electron chi connectivity index (χ2n) is 10.5. The normalized spacial score (nSPS) is 18.8. The molecule has 2 atom stereocenters. The van der Waals surface area contributed by atoms with Crippen LogP contribution in [0.5, 0.6) is 5.75 Å². The lowest BCUT2D eigenvalue weighted by Crippen LogP contribution is -2.42. The molecule has 2 bridgehead atoms. The van der Waals surface area contributed by atoms with E-state index in [-0.39, 0.29) is 34.4 Å². The van der Waals surface area contributed by atoms with Crippen LogP contribution in [-0.4, -0.2) is 43.0 Å². The Morgan fingerprint density at radius 2 is 1.85 bits per heavy atom. The number of nitrogens with zero attached hydrogens (tertiary/aromatic N) is 3. The van der Waals surface area contributed by atoms with Crippen molar-refractivity contribution >= 4 is 27.6 Å². The van der Waals surface area contributed by atoms with Gasteiger partial charge in [-0.2, -0.15) is 8.42 Å². The van der Waals surface area contributed by atoms with Crippen molar-refractivity contribution in [2.75, 3.05) is 17.2 Å². The van der Waals surface area contributed by atoms with Crippen LogP contribution in [0.15, 0.2) is 53.6 Å². The fourth-order valence-electron chi connectivity index (χ4n) is 5.31. The fourth-order valence-corrected chi connectivity index (χ4v) is 6.25. The van der Waals surface area contributed by atoms with E-state index in [4.69, 9.17) is 15.5 Å². The van der Waals surface area contributed by atoms with Gasteiger partial charge >= 0.3 is 0 Å². The number of ether oxygens (including phenoxy) is 1. The summed E-state index contributed by atoms with van der Waals surface area (Å²) < 4.78 is 48.3. The number of rotatable bonds is 8. The molecule has 11 heteroatoms. The molecular formula is C28H32FN5O4S. The van der Waals surface area contributed by atoms with E-state index < -0.39 is 21.7 Å². The highest BCUT2D eigenvalue weighted by Gasteiger charge is 2.39. The summed E-state index contributed by atoms with van der Waals surface area (Å²) in [4.78, 5) is 24.2. The SMILES string of the molecule is CC(C)COc1cc(F)cc(-c2ccc(C(=O)NS(=O)(=O)c3cccc(N)n3)c(N3C4CCC[C@H]3CC4)n2)c1. The van der Waals surface area contributed by atoms with E-state index in [9.17, 15) is 17.6 Å². The van der Waals surface area contributed by atoms with Gasteiger partial charge in [-0.15, -0.1) is 0 Å². The number of fused-ring (bicyclic) bond motifs is 2.